The molecule has 0 aliphatic rings. The van der Waals surface area contributed by atoms with Gasteiger partial charge in [-0.05, 0) is 38.0 Å². The number of carbonyl (C=O) groups excluding carboxylic acids is 1. The number of hydrogen-bond acceptors (Lipinski definition) is 3. The van der Waals surface area contributed by atoms with Gasteiger partial charge in [0.05, 0.1) is 6.61 Å². The summed E-state index contributed by atoms with van der Waals surface area (Å²) < 4.78 is 5.26. The second kappa shape index (κ2) is 11.5. The van der Waals surface area contributed by atoms with E-state index in [1.165, 1.54) is 5.56 Å². The lowest BCUT2D eigenvalue weighted by Crippen LogP contribution is -2.39. The Labute approximate surface area is 138 Å². The zero-order chi connectivity index (χ0) is 16.9. The van der Waals surface area contributed by atoms with Gasteiger partial charge in [0.15, 0.2) is 5.96 Å². The van der Waals surface area contributed by atoms with Crippen LogP contribution >= 0.6 is 0 Å². The molecule has 128 valence electrons. The van der Waals surface area contributed by atoms with E-state index < -0.39 is 0 Å². The number of carbonyl (C=O) groups is 1. The fraction of sp³-hybridized carbons (Fsp3) is 0.529. The molecule has 0 saturated carbocycles. The molecule has 1 aromatic rings. The summed E-state index contributed by atoms with van der Waals surface area (Å²) >= 11 is 0. The summed E-state index contributed by atoms with van der Waals surface area (Å²) in [4.78, 5) is 16.3. The van der Waals surface area contributed by atoms with E-state index in [4.69, 9.17) is 4.74 Å². The lowest BCUT2D eigenvalue weighted by atomic mass is 10.1. The molecule has 6 nitrogen and oxygen atoms in total. The fourth-order valence-electron chi connectivity index (χ4n) is 1.95. The molecule has 0 fully saturated rings. The number of hydrogen-bond donors (Lipinski definition) is 3. The van der Waals surface area contributed by atoms with Crippen molar-refractivity contribution in [3.8, 4) is 0 Å². The summed E-state index contributed by atoms with van der Waals surface area (Å²) in [5.74, 6) is 0.477. The van der Waals surface area contributed by atoms with Crippen LogP contribution in [-0.2, 0) is 16.0 Å². The lowest BCUT2D eigenvalue weighted by molar-refractivity contribution is -0.114. The van der Waals surface area contributed by atoms with Crippen molar-refractivity contribution in [1.29, 1.82) is 0 Å². The molecule has 0 aliphatic heterocycles. The maximum atomic E-state index is 12.0. The monoisotopic (exact) mass is 320 g/mol. The number of aliphatic imine (C=N–C) groups is 1. The van der Waals surface area contributed by atoms with E-state index in [0.29, 0.717) is 25.7 Å². The van der Waals surface area contributed by atoms with Gasteiger partial charge in [0, 0.05) is 25.4 Å². The molecule has 0 aliphatic carbocycles. The molecular formula is C17H28N4O2. The molecule has 0 saturated heterocycles. The van der Waals surface area contributed by atoms with Crippen molar-refractivity contribution in [1.82, 2.24) is 10.6 Å². The van der Waals surface area contributed by atoms with Crippen LogP contribution in [0.25, 0.3) is 0 Å². The van der Waals surface area contributed by atoms with Gasteiger partial charge in [-0.25, -0.2) is 4.99 Å². The molecule has 0 atom stereocenters. The number of guanidine groups is 1. The standard InChI is InChI=1S/C17H28N4O2/c1-4-14-8-7-9-15(12-14)21-16(22)13-20-17(18-5-2)19-10-11-23-6-3/h7-9,12H,4-6,10-11,13H2,1-3H3,(H,21,22)(H2,18,19,20). The number of nitrogens with one attached hydrogen (secondary N) is 3. The largest absolute Gasteiger partial charge is 0.380 e. The third-order valence-corrected chi connectivity index (χ3v) is 3.09. The molecule has 0 heterocycles. The fourth-order valence-corrected chi connectivity index (χ4v) is 1.95. The minimum absolute atomic E-state index is 0.0698. The van der Waals surface area contributed by atoms with Gasteiger partial charge in [-0.2, -0.15) is 0 Å². The normalized spacial score (nSPS) is 11.2. The average Bonchev–Trinajstić information content (AvgIpc) is 2.56. The number of aryl methyl sites for hydroxylation is 1. The number of rotatable bonds is 9. The molecule has 1 amide bonds. The molecule has 0 radical (unpaired) electrons. The summed E-state index contributed by atoms with van der Waals surface area (Å²) in [6.45, 7) is 8.78. The Morgan fingerprint density at radius 1 is 1.22 bits per heavy atom. The highest BCUT2D eigenvalue weighted by Crippen LogP contribution is 2.10. The minimum Gasteiger partial charge on any atom is -0.380 e. The minimum atomic E-state index is -0.139. The molecular weight excluding hydrogens is 292 g/mol. The van der Waals surface area contributed by atoms with Crippen molar-refractivity contribution in [2.75, 3.05) is 38.2 Å². The topological polar surface area (TPSA) is 74.8 Å². The molecule has 0 aromatic heterocycles. The summed E-state index contributed by atoms with van der Waals surface area (Å²) in [6, 6.07) is 7.84. The van der Waals surface area contributed by atoms with Gasteiger partial charge >= 0.3 is 0 Å². The zero-order valence-corrected chi connectivity index (χ0v) is 14.3. The quantitative estimate of drug-likeness (QED) is 0.368. The van der Waals surface area contributed by atoms with Crippen LogP contribution in [0.2, 0.25) is 0 Å². The van der Waals surface area contributed by atoms with Crippen LogP contribution in [-0.4, -0.2) is 44.7 Å². The van der Waals surface area contributed by atoms with Gasteiger partial charge in [-0.15, -0.1) is 0 Å². The van der Waals surface area contributed by atoms with Gasteiger partial charge in [0.2, 0.25) is 5.91 Å². The summed E-state index contributed by atoms with van der Waals surface area (Å²) in [7, 11) is 0. The maximum Gasteiger partial charge on any atom is 0.246 e. The van der Waals surface area contributed by atoms with E-state index in [1.807, 2.05) is 38.1 Å². The van der Waals surface area contributed by atoms with Gasteiger partial charge in [-0.3, -0.25) is 4.79 Å². The van der Waals surface area contributed by atoms with Gasteiger partial charge in [0.1, 0.15) is 6.54 Å². The van der Waals surface area contributed by atoms with Crippen molar-refractivity contribution < 1.29 is 9.53 Å². The SMILES string of the molecule is CCNC(=NCC(=O)Nc1cccc(CC)c1)NCCOCC. The lowest BCUT2D eigenvalue weighted by Gasteiger charge is -2.11. The Hall–Kier alpha value is -2.08. The van der Waals surface area contributed by atoms with Crippen LogP contribution < -0.4 is 16.0 Å². The van der Waals surface area contributed by atoms with Crippen molar-refractivity contribution >= 4 is 17.6 Å². The van der Waals surface area contributed by atoms with Crippen molar-refractivity contribution in [3.63, 3.8) is 0 Å². The van der Waals surface area contributed by atoms with Gasteiger partial charge < -0.3 is 20.7 Å². The van der Waals surface area contributed by atoms with Crippen LogP contribution in [0.4, 0.5) is 5.69 Å². The second-order valence-electron chi connectivity index (χ2n) is 4.92. The van der Waals surface area contributed by atoms with E-state index in [1.54, 1.807) is 0 Å². The Kier molecular flexibility index (Phi) is 9.47. The predicted octanol–water partition coefficient (Wildman–Crippen LogP) is 1.78. The molecule has 0 bridgehead atoms. The Morgan fingerprint density at radius 3 is 2.74 bits per heavy atom. The second-order valence-corrected chi connectivity index (χ2v) is 4.92. The summed E-state index contributed by atoms with van der Waals surface area (Å²) in [5, 5.41) is 9.09. The number of benzene rings is 1. The van der Waals surface area contributed by atoms with E-state index in [9.17, 15) is 4.79 Å². The van der Waals surface area contributed by atoms with Crippen molar-refractivity contribution in [2.45, 2.75) is 27.2 Å². The predicted molar refractivity (Wildman–Crippen MR) is 94.9 cm³/mol. The third kappa shape index (κ3) is 8.21. The Bertz CT molecular complexity index is 503. The van der Waals surface area contributed by atoms with Gasteiger partial charge in [-0.1, -0.05) is 19.1 Å². The van der Waals surface area contributed by atoms with Crippen LogP contribution in [0.1, 0.15) is 26.3 Å². The Morgan fingerprint density at radius 2 is 2.04 bits per heavy atom. The number of amides is 1. The molecule has 6 heteroatoms. The first-order valence-corrected chi connectivity index (χ1v) is 8.18. The third-order valence-electron chi connectivity index (χ3n) is 3.09. The van der Waals surface area contributed by atoms with Crippen LogP contribution in [0.3, 0.4) is 0 Å². The molecule has 1 rings (SSSR count). The first-order valence-electron chi connectivity index (χ1n) is 8.18. The maximum absolute atomic E-state index is 12.0. The number of nitrogens with zero attached hydrogens (tertiary/aromatic N) is 1. The van der Waals surface area contributed by atoms with Gasteiger partial charge in [0.25, 0.3) is 0 Å². The Balaban J connectivity index is 2.48. The molecule has 23 heavy (non-hydrogen) atoms. The highest BCUT2D eigenvalue weighted by Gasteiger charge is 2.03. The molecule has 0 spiro atoms. The first kappa shape index (κ1) is 19.0. The van der Waals surface area contributed by atoms with E-state index in [-0.39, 0.29) is 12.5 Å². The summed E-state index contributed by atoms with van der Waals surface area (Å²) in [6.07, 6.45) is 0.941. The van der Waals surface area contributed by atoms with Crippen LogP contribution in [0.5, 0.6) is 0 Å². The highest BCUT2D eigenvalue weighted by atomic mass is 16.5. The zero-order valence-electron chi connectivity index (χ0n) is 14.3. The van der Waals surface area contributed by atoms with Crippen LogP contribution in [0, 0.1) is 0 Å². The molecule has 3 N–H and O–H groups in total. The van der Waals surface area contributed by atoms with E-state index in [2.05, 4.69) is 27.9 Å². The number of ether oxygens (including phenoxy) is 1. The van der Waals surface area contributed by atoms with E-state index >= 15 is 0 Å². The number of anilines is 1. The highest BCUT2D eigenvalue weighted by molar-refractivity contribution is 5.94. The van der Waals surface area contributed by atoms with Crippen molar-refractivity contribution in [2.24, 2.45) is 4.99 Å². The summed E-state index contributed by atoms with van der Waals surface area (Å²) in [5.41, 5.74) is 2.00. The average molecular weight is 320 g/mol. The molecule has 1 aromatic carbocycles. The smallest absolute Gasteiger partial charge is 0.246 e. The van der Waals surface area contributed by atoms with E-state index in [0.717, 1.165) is 18.7 Å². The molecule has 0 unspecified atom stereocenters. The van der Waals surface area contributed by atoms with Crippen LogP contribution in [0.15, 0.2) is 29.3 Å². The first-order chi connectivity index (χ1) is 11.2. The van der Waals surface area contributed by atoms with Crippen molar-refractivity contribution in [3.05, 3.63) is 29.8 Å².